The van der Waals surface area contributed by atoms with Gasteiger partial charge in [-0.15, -0.1) is 0 Å². The van der Waals surface area contributed by atoms with E-state index in [2.05, 4.69) is 10.6 Å². The molecule has 1 amide bonds. The van der Waals surface area contributed by atoms with Crippen molar-refractivity contribution in [1.82, 2.24) is 5.32 Å². The molecule has 5 atom stereocenters. The zero-order chi connectivity index (χ0) is 21.1. The Hall–Kier alpha value is -1.91. The van der Waals surface area contributed by atoms with Gasteiger partial charge in [0.05, 0.1) is 33.6 Å². The number of carbonyl (C=O) groups is 1. The molecule has 10 heteroatoms. The topological polar surface area (TPSA) is 131 Å². The molecule has 29 heavy (non-hydrogen) atoms. The Kier molecular flexibility index (Phi) is 6.97. The van der Waals surface area contributed by atoms with Crippen molar-refractivity contribution in [3.05, 3.63) is 58.1 Å². The zero-order valence-electron chi connectivity index (χ0n) is 15.0. The van der Waals surface area contributed by atoms with Crippen molar-refractivity contribution in [2.24, 2.45) is 0 Å². The molecule has 0 radical (unpaired) electrons. The third kappa shape index (κ3) is 4.65. The number of anilines is 2. The quantitative estimate of drug-likeness (QED) is 0.410. The highest BCUT2D eigenvalue weighted by molar-refractivity contribution is 6.39. The number of carbonyl (C=O) groups excluding carboxylic acids is 1. The van der Waals surface area contributed by atoms with Crippen LogP contribution in [0.15, 0.2) is 42.5 Å². The number of halogens is 2. The Morgan fingerprint density at radius 3 is 2.31 bits per heavy atom. The molecule has 0 spiro atoms. The van der Waals surface area contributed by atoms with E-state index >= 15 is 0 Å². The minimum absolute atomic E-state index is 0.182. The van der Waals surface area contributed by atoms with Crippen LogP contribution in [0.4, 0.5) is 11.4 Å². The van der Waals surface area contributed by atoms with Gasteiger partial charge in [0.25, 0.3) is 5.91 Å². The van der Waals surface area contributed by atoms with E-state index in [1.54, 1.807) is 36.4 Å². The molecule has 6 N–H and O–H groups in total. The number of ether oxygens (including phenoxy) is 1. The maximum Gasteiger partial charge on any atom is 0.253 e. The molecule has 8 nitrogen and oxygen atoms in total. The van der Waals surface area contributed by atoms with Crippen molar-refractivity contribution in [1.29, 1.82) is 0 Å². The number of amides is 1. The minimum atomic E-state index is -1.62. The predicted octanol–water partition coefficient (Wildman–Crippen LogP) is 1.27. The predicted molar refractivity (Wildman–Crippen MR) is 107 cm³/mol. The third-order valence-corrected chi connectivity index (χ3v) is 5.22. The highest BCUT2D eigenvalue weighted by Crippen LogP contribution is 2.33. The third-order valence-electron chi connectivity index (χ3n) is 4.59. The summed E-state index contributed by atoms with van der Waals surface area (Å²) < 4.78 is 5.06. The molecule has 0 bridgehead atoms. The van der Waals surface area contributed by atoms with Gasteiger partial charge < -0.3 is 35.8 Å². The minimum Gasteiger partial charge on any atom is -0.394 e. The van der Waals surface area contributed by atoms with Gasteiger partial charge in [-0.25, -0.2) is 0 Å². The molecule has 1 aliphatic rings. The molecule has 2 aromatic carbocycles. The van der Waals surface area contributed by atoms with Crippen LogP contribution in [0.1, 0.15) is 10.4 Å². The first-order valence-electron chi connectivity index (χ1n) is 8.75. The van der Waals surface area contributed by atoms with Gasteiger partial charge in [0.1, 0.15) is 24.4 Å². The average molecular weight is 443 g/mol. The van der Waals surface area contributed by atoms with E-state index in [1.807, 2.05) is 0 Å². The van der Waals surface area contributed by atoms with Crippen molar-refractivity contribution in [3.63, 3.8) is 0 Å². The van der Waals surface area contributed by atoms with Crippen molar-refractivity contribution in [3.8, 4) is 0 Å². The summed E-state index contributed by atoms with van der Waals surface area (Å²) in [6.07, 6.45) is -5.81. The Labute approximate surface area is 176 Å². The highest BCUT2D eigenvalue weighted by atomic mass is 35.5. The lowest BCUT2D eigenvalue weighted by Crippen LogP contribution is -2.64. The second kappa shape index (κ2) is 9.27. The van der Waals surface area contributed by atoms with E-state index < -0.39 is 43.2 Å². The summed E-state index contributed by atoms with van der Waals surface area (Å²) in [5, 5.41) is 45.6. The summed E-state index contributed by atoms with van der Waals surface area (Å²) in [5.74, 6) is -0.641. The zero-order valence-corrected chi connectivity index (χ0v) is 16.5. The van der Waals surface area contributed by atoms with E-state index in [4.69, 9.17) is 33.0 Å². The molecule has 0 aromatic heterocycles. The number of aliphatic hydroxyl groups excluding tert-OH is 4. The number of nitrogens with one attached hydrogen (secondary N) is 2. The number of rotatable bonds is 5. The largest absolute Gasteiger partial charge is 0.394 e. The van der Waals surface area contributed by atoms with Crippen molar-refractivity contribution in [2.45, 2.75) is 30.6 Å². The molecular formula is C19H20Cl2N2O6. The Morgan fingerprint density at radius 2 is 1.66 bits per heavy atom. The fourth-order valence-electron chi connectivity index (χ4n) is 3.02. The molecule has 1 saturated heterocycles. The summed E-state index contributed by atoms with van der Waals surface area (Å²) in [6, 6.07) is 10.2. The van der Waals surface area contributed by atoms with Crippen LogP contribution in [0.25, 0.3) is 0 Å². The van der Waals surface area contributed by atoms with Gasteiger partial charge in [-0.3, -0.25) is 4.79 Å². The fourth-order valence-corrected chi connectivity index (χ4v) is 3.52. The van der Waals surface area contributed by atoms with Crippen LogP contribution in [-0.2, 0) is 4.74 Å². The number of hydrogen-bond donors (Lipinski definition) is 6. The Balaban J connectivity index is 1.82. The van der Waals surface area contributed by atoms with Crippen LogP contribution in [0.5, 0.6) is 0 Å². The summed E-state index contributed by atoms with van der Waals surface area (Å²) in [7, 11) is 0. The highest BCUT2D eigenvalue weighted by Gasteiger charge is 2.44. The van der Waals surface area contributed by atoms with Crippen LogP contribution in [0.3, 0.4) is 0 Å². The van der Waals surface area contributed by atoms with Crippen molar-refractivity contribution < 1.29 is 30.0 Å². The molecule has 5 unspecified atom stereocenters. The molecular weight excluding hydrogens is 423 g/mol. The van der Waals surface area contributed by atoms with Gasteiger partial charge in [0, 0.05) is 0 Å². The van der Waals surface area contributed by atoms with Crippen molar-refractivity contribution in [2.75, 3.05) is 11.9 Å². The summed E-state index contributed by atoms with van der Waals surface area (Å²) in [6.45, 7) is -0.596. The molecule has 2 aromatic rings. The second-order valence-electron chi connectivity index (χ2n) is 6.50. The van der Waals surface area contributed by atoms with Gasteiger partial charge in [-0.05, 0) is 24.3 Å². The van der Waals surface area contributed by atoms with Crippen LogP contribution >= 0.6 is 23.2 Å². The van der Waals surface area contributed by atoms with Crippen LogP contribution in [0, 0.1) is 0 Å². The molecule has 1 aliphatic heterocycles. The molecule has 0 saturated carbocycles. The lowest BCUT2D eigenvalue weighted by molar-refractivity contribution is -0.252. The van der Waals surface area contributed by atoms with Gasteiger partial charge in [-0.1, -0.05) is 41.4 Å². The first-order chi connectivity index (χ1) is 13.8. The van der Waals surface area contributed by atoms with E-state index in [0.717, 1.165) is 0 Å². The number of para-hydroxylation sites is 2. The standard InChI is InChI=1S/C19H20Cl2N2O6/c20-10-5-3-6-11(21)14(10)22-12-7-2-1-4-9(12)18(27)23-15-17(26)16(25)13(8-24)29-19(15)28/h1-7,13,15-17,19,22,24-26,28H,8H2,(H,23,27). The fraction of sp³-hybridized carbons (Fsp3) is 0.316. The van der Waals surface area contributed by atoms with E-state index in [9.17, 15) is 20.1 Å². The smallest absolute Gasteiger partial charge is 0.253 e. The van der Waals surface area contributed by atoms with Crippen LogP contribution < -0.4 is 10.6 Å². The molecule has 0 aliphatic carbocycles. The molecule has 1 heterocycles. The first-order valence-corrected chi connectivity index (χ1v) is 9.50. The Bertz CT molecular complexity index is 863. The van der Waals surface area contributed by atoms with Crippen LogP contribution in [-0.4, -0.2) is 63.6 Å². The number of benzene rings is 2. The first kappa shape index (κ1) is 21.8. The lowest BCUT2D eigenvalue weighted by Gasteiger charge is -2.40. The normalized spacial score (nSPS) is 26.8. The lowest BCUT2D eigenvalue weighted by atomic mass is 9.96. The van der Waals surface area contributed by atoms with Gasteiger partial charge in [0.2, 0.25) is 0 Å². The summed E-state index contributed by atoms with van der Waals surface area (Å²) in [4.78, 5) is 12.8. The monoisotopic (exact) mass is 442 g/mol. The van der Waals surface area contributed by atoms with Gasteiger partial charge >= 0.3 is 0 Å². The van der Waals surface area contributed by atoms with Crippen LogP contribution in [0.2, 0.25) is 10.0 Å². The van der Waals surface area contributed by atoms with Gasteiger partial charge in [-0.2, -0.15) is 0 Å². The van der Waals surface area contributed by atoms with E-state index in [0.29, 0.717) is 21.4 Å². The van der Waals surface area contributed by atoms with E-state index in [-0.39, 0.29) is 5.56 Å². The summed E-state index contributed by atoms with van der Waals surface area (Å²) >= 11 is 12.3. The second-order valence-corrected chi connectivity index (χ2v) is 7.31. The number of aliphatic hydroxyl groups is 4. The molecule has 3 rings (SSSR count). The van der Waals surface area contributed by atoms with Gasteiger partial charge in [0.15, 0.2) is 6.29 Å². The van der Waals surface area contributed by atoms with E-state index in [1.165, 1.54) is 6.07 Å². The molecule has 156 valence electrons. The number of hydrogen-bond acceptors (Lipinski definition) is 7. The summed E-state index contributed by atoms with van der Waals surface area (Å²) in [5.41, 5.74) is 0.981. The maximum absolute atomic E-state index is 12.8. The average Bonchev–Trinajstić information content (AvgIpc) is 2.71. The molecule has 1 fully saturated rings. The SMILES string of the molecule is O=C(NC1C(O)OC(CO)C(O)C1O)c1ccccc1Nc1c(Cl)cccc1Cl. The Morgan fingerprint density at radius 1 is 1.00 bits per heavy atom. The van der Waals surface area contributed by atoms with Crippen molar-refractivity contribution >= 4 is 40.5 Å². The maximum atomic E-state index is 12.8.